The van der Waals surface area contributed by atoms with Crippen LogP contribution in [0.2, 0.25) is 0 Å². The van der Waals surface area contributed by atoms with Crippen LogP contribution in [-0.2, 0) is 9.53 Å². The number of carbonyl (C=O) groups is 3. The Bertz CT molecular complexity index is 662. The van der Waals surface area contributed by atoms with E-state index in [0.717, 1.165) is 25.7 Å². The number of hydrogen-bond donors (Lipinski definition) is 1. The van der Waals surface area contributed by atoms with E-state index in [4.69, 9.17) is 9.47 Å². The van der Waals surface area contributed by atoms with Crippen molar-refractivity contribution in [3.63, 3.8) is 0 Å². The first kappa shape index (κ1) is 21.7. The Morgan fingerprint density at radius 3 is 2.21 bits per heavy atom. The minimum absolute atomic E-state index is 0.0497. The number of ether oxygens (including phenoxy) is 2. The summed E-state index contributed by atoms with van der Waals surface area (Å²) in [5, 5.41) is 3.02. The maximum atomic E-state index is 12.5. The van der Waals surface area contributed by atoms with Gasteiger partial charge in [-0.05, 0) is 56.9 Å². The molecule has 1 aliphatic heterocycles. The lowest BCUT2D eigenvalue weighted by Crippen LogP contribution is -2.48. The predicted octanol–water partition coefficient (Wildman–Crippen LogP) is 3.38. The highest BCUT2D eigenvalue weighted by molar-refractivity contribution is 5.94. The second kappa shape index (κ2) is 10.7. The average molecular weight is 390 g/mol. The van der Waals surface area contributed by atoms with Gasteiger partial charge >= 0.3 is 6.16 Å². The number of benzene rings is 1. The molecular weight excluding hydrogens is 360 g/mol. The predicted molar refractivity (Wildman–Crippen MR) is 105 cm³/mol. The van der Waals surface area contributed by atoms with Crippen molar-refractivity contribution in [2.75, 3.05) is 19.7 Å². The molecule has 0 radical (unpaired) electrons. The van der Waals surface area contributed by atoms with Gasteiger partial charge in [0.05, 0.1) is 6.61 Å². The summed E-state index contributed by atoms with van der Waals surface area (Å²) in [4.78, 5) is 38.1. The monoisotopic (exact) mass is 390 g/mol. The Hall–Kier alpha value is -2.57. The summed E-state index contributed by atoms with van der Waals surface area (Å²) in [5.74, 6) is 0.476. The third-order valence-electron chi connectivity index (χ3n) is 5.06. The summed E-state index contributed by atoms with van der Waals surface area (Å²) in [6.07, 6.45) is 2.46. The fourth-order valence-corrected chi connectivity index (χ4v) is 3.33. The van der Waals surface area contributed by atoms with Gasteiger partial charge in [0.15, 0.2) is 0 Å². The van der Waals surface area contributed by atoms with Gasteiger partial charge < -0.3 is 19.7 Å². The number of rotatable bonds is 7. The van der Waals surface area contributed by atoms with Crippen molar-refractivity contribution in [2.45, 2.75) is 52.5 Å². The minimum atomic E-state index is -0.769. The molecule has 0 unspecified atom stereocenters. The third-order valence-corrected chi connectivity index (χ3v) is 5.06. The zero-order chi connectivity index (χ0) is 20.5. The molecule has 1 saturated heterocycles. The molecule has 0 aliphatic carbocycles. The molecule has 1 aromatic carbocycles. The first-order valence-corrected chi connectivity index (χ1v) is 10.0. The lowest BCUT2D eigenvalue weighted by atomic mass is 9.98. The molecule has 1 aliphatic rings. The molecule has 7 heteroatoms. The average Bonchev–Trinajstić information content (AvgIpc) is 2.70. The van der Waals surface area contributed by atoms with Crippen LogP contribution >= 0.6 is 0 Å². The number of amides is 2. The van der Waals surface area contributed by atoms with Crippen LogP contribution in [0.25, 0.3) is 0 Å². The first-order valence-electron chi connectivity index (χ1n) is 10.0. The summed E-state index contributed by atoms with van der Waals surface area (Å²) in [5.41, 5.74) is 0.492. The second-order valence-electron chi connectivity index (χ2n) is 6.90. The molecule has 1 aromatic rings. The topological polar surface area (TPSA) is 84.9 Å². The van der Waals surface area contributed by atoms with Gasteiger partial charge in [0, 0.05) is 30.6 Å². The van der Waals surface area contributed by atoms with Crippen LogP contribution in [0.15, 0.2) is 24.3 Å². The molecular formula is C21H30N2O5. The Morgan fingerprint density at radius 2 is 1.68 bits per heavy atom. The highest BCUT2D eigenvalue weighted by Gasteiger charge is 2.27. The van der Waals surface area contributed by atoms with E-state index in [0.29, 0.717) is 24.4 Å². The minimum Gasteiger partial charge on any atom is -0.434 e. The smallest absolute Gasteiger partial charge is 0.434 e. The lowest BCUT2D eigenvalue weighted by molar-refractivity contribution is -0.136. The van der Waals surface area contributed by atoms with Crippen molar-refractivity contribution in [3.8, 4) is 5.75 Å². The van der Waals surface area contributed by atoms with Crippen molar-refractivity contribution in [1.82, 2.24) is 10.2 Å². The molecule has 0 aromatic heterocycles. The number of piperidine rings is 1. The van der Waals surface area contributed by atoms with E-state index < -0.39 is 6.16 Å². The van der Waals surface area contributed by atoms with E-state index in [1.807, 2.05) is 18.7 Å². The van der Waals surface area contributed by atoms with Crippen molar-refractivity contribution in [2.24, 2.45) is 5.92 Å². The van der Waals surface area contributed by atoms with Gasteiger partial charge in [0.2, 0.25) is 5.91 Å². The molecule has 154 valence electrons. The van der Waals surface area contributed by atoms with Gasteiger partial charge in [-0.3, -0.25) is 9.59 Å². The van der Waals surface area contributed by atoms with E-state index in [1.165, 1.54) is 0 Å². The second-order valence-corrected chi connectivity index (χ2v) is 6.90. The molecule has 1 heterocycles. The van der Waals surface area contributed by atoms with Gasteiger partial charge in [0.1, 0.15) is 5.75 Å². The van der Waals surface area contributed by atoms with Gasteiger partial charge in [-0.2, -0.15) is 0 Å². The van der Waals surface area contributed by atoms with E-state index >= 15 is 0 Å². The molecule has 28 heavy (non-hydrogen) atoms. The zero-order valence-electron chi connectivity index (χ0n) is 16.9. The summed E-state index contributed by atoms with van der Waals surface area (Å²) in [7, 11) is 0. The number of carbonyl (C=O) groups excluding carboxylic acids is 3. The Morgan fingerprint density at radius 1 is 1.07 bits per heavy atom. The Balaban J connectivity index is 1.82. The SMILES string of the molecule is CCOC(=O)Oc1ccc(C(=O)NC2CCN(C(=O)C(CC)CC)CC2)cc1. The van der Waals surface area contributed by atoms with Gasteiger partial charge in [-0.15, -0.1) is 0 Å². The molecule has 2 rings (SSSR count). The molecule has 0 bridgehead atoms. The van der Waals surface area contributed by atoms with Crippen LogP contribution in [0.5, 0.6) is 5.75 Å². The number of hydrogen-bond acceptors (Lipinski definition) is 5. The van der Waals surface area contributed by atoms with E-state index in [1.54, 1.807) is 31.2 Å². The summed E-state index contributed by atoms with van der Waals surface area (Å²) in [6, 6.07) is 6.38. The first-order chi connectivity index (χ1) is 13.5. The number of nitrogens with zero attached hydrogens (tertiary/aromatic N) is 1. The van der Waals surface area contributed by atoms with Crippen molar-refractivity contribution in [1.29, 1.82) is 0 Å². The number of likely N-dealkylation sites (tertiary alicyclic amines) is 1. The normalized spacial score (nSPS) is 14.6. The van der Waals surface area contributed by atoms with Crippen LogP contribution in [0.3, 0.4) is 0 Å². The van der Waals surface area contributed by atoms with Crippen LogP contribution in [0, 0.1) is 5.92 Å². The summed E-state index contributed by atoms with van der Waals surface area (Å²) >= 11 is 0. The summed E-state index contributed by atoms with van der Waals surface area (Å²) in [6.45, 7) is 7.37. The fraction of sp³-hybridized carbons (Fsp3) is 0.571. The third kappa shape index (κ3) is 5.97. The maximum Gasteiger partial charge on any atom is 0.513 e. The lowest BCUT2D eigenvalue weighted by Gasteiger charge is -2.34. The molecule has 1 N–H and O–H groups in total. The van der Waals surface area contributed by atoms with Crippen molar-refractivity contribution in [3.05, 3.63) is 29.8 Å². The van der Waals surface area contributed by atoms with E-state index in [9.17, 15) is 14.4 Å². The largest absolute Gasteiger partial charge is 0.513 e. The molecule has 0 saturated carbocycles. The highest BCUT2D eigenvalue weighted by Crippen LogP contribution is 2.18. The van der Waals surface area contributed by atoms with Gasteiger partial charge in [0.25, 0.3) is 5.91 Å². The standard InChI is InChI=1S/C21H30N2O5/c1-4-15(5-2)20(25)23-13-11-17(12-14-23)22-19(24)16-7-9-18(10-8-16)28-21(26)27-6-3/h7-10,15,17H,4-6,11-14H2,1-3H3,(H,22,24). The van der Waals surface area contributed by atoms with Crippen LogP contribution < -0.4 is 10.1 Å². The zero-order valence-corrected chi connectivity index (χ0v) is 16.9. The number of nitrogens with one attached hydrogen (secondary N) is 1. The molecule has 0 atom stereocenters. The van der Waals surface area contributed by atoms with Gasteiger partial charge in [-0.1, -0.05) is 13.8 Å². The molecule has 2 amide bonds. The molecule has 0 spiro atoms. The molecule has 7 nitrogen and oxygen atoms in total. The fourth-order valence-electron chi connectivity index (χ4n) is 3.33. The van der Waals surface area contributed by atoms with Crippen LogP contribution in [0.1, 0.15) is 56.8 Å². The van der Waals surface area contributed by atoms with Crippen molar-refractivity contribution < 1.29 is 23.9 Å². The summed E-state index contributed by atoms with van der Waals surface area (Å²) < 4.78 is 9.69. The maximum absolute atomic E-state index is 12.5. The van der Waals surface area contributed by atoms with E-state index in [-0.39, 0.29) is 30.4 Å². The van der Waals surface area contributed by atoms with E-state index in [2.05, 4.69) is 5.32 Å². The highest BCUT2D eigenvalue weighted by atomic mass is 16.7. The quantitative estimate of drug-likeness (QED) is 0.570. The Labute approximate surface area is 166 Å². The van der Waals surface area contributed by atoms with Gasteiger partial charge in [-0.25, -0.2) is 4.79 Å². The Kier molecular flexibility index (Phi) is 8.29. The van der Waals surface area contributed by atoms with Crippen LogP contribution in [0.4, 0.5) is 4.79 Å². The molecule has 1 fully saturated rings. The van der Waals surface area contributed by atoms with Crippen molar-refractivity contribution >= 4 is 18.0 Å². The van der Waals surface area contributed by atoms with Crippen LogP contribution in [-0.4, -0.2) is 48.6 Å².